The quantitative estimate of drug-likeness (QED) is 0.328. The fourth-order valence-corrected chi connectivity index (χ4v) is 5.99. The van der Waals surface area contributed by atoms with Gasteiger partial charge in [0, 0.05) is 42.8 Å². The second-order valence-corrected chi connectivity index (χ2v) is 11.1. The van der Waals surface area contributed by atoms with E-state index in [1.807, 2.05) is 26.0 Å². The van der Waals surface area contributed by atoms with Crippen LogP contribution in [-0.4, -0.2) is 66.2 Å². The van der Waals surface area contributed by atoms with Crippen LogP contribution in [0.15, 0.2) is 64.8 Å². The number of rotatable bonds is 8. The minimum Gasteiger partial charge on any atom is -0.371 e. The van der Waals surface area contributed by atoms with Gasteiger partial charge in [0.1, 0.15) is 5.39 Å². The highest BCUT2D eigenvalue weighted by atomic mass is 16.1. The molecule has 0 spiro atoms. The third kappa shape index (κ3) is 5.29. The monoisotopic (exact) mass is 555 g/mol. The number of fused-ring (bicyclic) bond motifs is 1. The third-order valence-corrected chi connectivity index (χ3v) is 8.10. The Morgan fingerprint density at radius 2 is 1.76 bits per heavy atom. The van der Waals surface area contributed by atoms with Gasteiger partial charge in [-0.3, -0.25) is 9.59 Å². The summed E-state index contributed by atoms with van der Waals surface area (Å²) in [5.74, 6) is 0.771. The van der Waals surface area contributed by atoms with Gasteiger partial charge in [-0.1, -0.05) is 6.08 Å². The number of allylic oxidation sites excluding steroid dienone is 1. The Hall–Kier alpha value is -4.25. The van der Waals surface area contributed by atoms with Crippen molar-refractivity contribution in [1.82, 2.24) is 34.0 Å². The van der Waals surface area contributed by atoms with Crippen molar-refractivity contribution in [3.05, 3.63) is 76.0 Å². The Balaban J connectivity index is 1.25. The van der Waals surface area contributed by atoms with Crippen molar-refractivity contribution in [1.29, 1.82) is 0 Å². The van der Waals surface area contributed by atoms with Gasteiger partial charge >= 0.3 is 0 Å². The lowest BCUT2D eigenvalue weighted by Gasteiger charge is -2.37. The number of hydrogen-bond donors (Lipinski definition) is 1. The van der Waals surface area contributed by atoms with Crippen LogP contribution in [0.3, 0.4) is 0 Å². The van der Waals surface area contributed by atoms with Crippen molar-refractivity contribution in [2.24, 2.45) is 0 Å². The van der Waals surface area contributed by atoms with Crippen molar-refractivity contribution < 1.29 is 0 Å². The lowest BCUT2D eigenvalue weighted by Crippen LogP contribution is -2.43. The zero-order valence-electron chi connectivity index (χ0n) is 23.7. The van der Waals surface area contributed by atoms with E-state index >= 15 is 0 Å². The molecule has 1 N–H and O–H groups in total. The molecule has 0 aliphatic carbocycles. The van der Waals surface area contributed by atoms with E-state index in [-0.39, 0.29) is 23.7 Å². The predicted molar refractivity (Wildman–Crippen MR) is 162 cm³/mol. The van der Waals surface area contributed by atoms with Gasteiger partial charge in [-0.25, -0.2) is 19.0 Å². The molecule has 0 radical (unpaired) electrons. The highest BCUT2D eigenvalue weighted by Gasteiger charge is 2.26. The van der Waals surface area contributed by atoms with Gasteiger partial charge in [-0.05, 0) is 83.0 Å². The zero-order valence-corrected chi connectivity index (χ0v) is 23.7. The first kappa shape index (κ1) is 26.9. The average molecular weight is 556 g/mol. The first-order valence-corrected chi connectivity index (χ1v) is 14.5. The molecule has 2 fully saturated rings. The summed E-state index contributed by atoms with van der Waals surface area (Å²) < 4.78 is 4.51. The standard InChI is InChI=1S/C30H37N9O2/c1-4-15-37-29(41)25-20-31-30(33-28(25)39(37)26-11-12-27(40)38(34-26)21(2)3)32-22-7-9-23(10-8-22)36-18-13-24(14-19-36)35-16-5-6-17-35/h4,7-12,20-21,24H,1,5-6,13-19H2,2-3H3,(H,31,32,33). The number of nitrogens with zero attached hydrogens (tertiary/aromatic N) is 8. The number of aromatic nitrogens is 6. The molecule has 1 aromatic carbocycles. The van der Waals surface area contributed by atoms with Crippen LogP contribution in [0.5, 0.6) is 0 Å². The molecule has 0 amide bonds. The predicted octanol–water partition coefficient (Wildman–Crippen LogP) is 3.71. The number of likely N-dealkylation sites (tertiary alicyclic amines) is 1. The number of hydrogen-bond acceptors (Lipinski definition) is 8. The molecule has 2 aliphatic rings. The molecule has 11 nitrogen and oxygen atoms in total. The van der Waals surface area contributed by atoms with Gasteiger partial charge in [-0.15, -0.1) is 11.7 Å². The van der Waals surface area contributed by atoms with Gasteiger partial charge in [0.2, 0.25) is 5.95 Å². The molecule has 0 bridgehead atoms. The van der Waals surface area contributed by atoms with Crippen LogP contribution in [0.4, 0.5) is 17.3 Å². The second kappa shape index (κ2) is 11.3. The van der Waals surface area contributed by atoms with E-state index in [1.54, 1.807) is 16.8 Å². The molecule has 3 aromatic heterocycles. The highest BCUT2D eigenvalue weighted by Crippen LogP contribution is 2.27. The summed E-state index contributed by atoms with van der Waals surface area (Å²) in [6.07, 6.45) is 8.27. The van der Waals surface area contributed by atoms with Crippen LogP contribution in [0.1, 0.15) is 45.6 Å². The summed E-state index contributed by atoms with van der Waals surface area (Å²) >= 11 is 0. The van der Waals surface area contributed by atoms with E-state index in [2.05, 4.69) is 43.9 Å². The number of piperidine rings is 1. The van der Waals surface area contributed by atoms with Crippen molar-refractivity contribution >= 4 is 28.4 Å². The molecular weight excluding hydrogens is 518 g/mol. The molecule has 5 heterocycles. The molecule has 6 rings (SSSR count). The van der Waals surface area contributed by atoms with Crippen molar-refractivity contribution in [2.45, 2.75) is 58.2 Å². The van der Waals surface area contributed by atoms with Gasteiger partial charge in [0.25, 0.3) is 11.1 Å². The smallest absolute Gasteiger partial charge is 0.278 e. The summed E-state index contributed by atoms with van der Waals surface area (Å²) in [5, 5.41) is 8.16. The Morgan fingerprint density at radius 1 is 1.02 bits per heavy atom. The Labute approximate surface area is 238 Å². The van der Waals surface area contributed by atoms with Gasteiger partial charge < -0.3 is 15.1 Å². The van der Waals surface area contributed by atoms with E-state index < -0.39 is 0 Å². The maximum Gasteiger partial charge on any atom is 0.278 e. The average Bonchev–Trinajstić information content (AvgIpc) is 3.61. The largest absolute Gasteiger partial charge is 0.371 e. The van der Waals surface area contributed by atoms with Gasteiger partial charge in [0.15, 0.2) is 11.5 Å². The maximum absolute atomic E-state index is 13.2. The Kier molecular flexibility index (Phi) is 7.44. The lowest BCUT2D eigenvalue weighted by atomic mass is 10.0. The van der Waals surface area contributed by atoms with Gasteiger partial charge in [-0.2, -0.15) is 4.98 Å². The van der Waals surface area contributed by atoms with Crippen LogP contribution in [-0.2, 0) is 6.54 Å². The van der Waals surface area contributed by atoms with Crippen molar-refractivity contribution in [2.75, 3.05) is 36.4 Å². The Morgan fingerprint density at radius 3 is 2.44 bits per heavy atom. The molecule has 0 unspecified atom stereocenters. The third-order valence-electron chi connectivity index (χ3n) is 8.10. The fourth-order valence-electron chi connectivity index (χ4n) is 5.99. The van der Waals surface area contributed by atoms with Crippen LogP contribution < -0.4 is 21.3 Å². The number of anilines is 3. The minimum atomic E-state index is -0.256. The van der Waals surface area contributed by atoms with Crippen molar-refractivity contribution in [3.63, 3.8) is 0 Å². The topological polar surface area (TPSA) is 106 Å². The second-order valence-electron chi connectivity index (χ2n) is 11.1. The van der Waals surface area contributed by atoms with Crippen LogP contribution >= 0.6 is 0 Å². The molecule has 4 aromatic rings. The minimum absolute atomic E-state index is 0.143. The normalized spacial score (nSPS) is 16.6. The molecule has 0 saturated carbocycles. The van der Waals surface area contributed by atoms with E-state index in [0.717, 1.165) is 24.8 Å². The molecule has 11 heteroatoms. The van der Waals surface area contributed by atoms with Crippen LogP contribution in [0, 0.1) is 0 Å². The molecule has 2 aliphatic heterocycles. The maximum atomic E-state index is 13.2. The summed E-state index contributed by atoms with van der Waals surface area (Å²) in [7, 11) is 0. The van der Waals surface area contributed by atoms with Crippen molar-refractivity contribution in [3.8, 4) is 5.82 Å². The van der Waals surface area contributed by atoms with Crippen LogP contribution in [0.2, 0.25) is 0 Å². The van der Waals surface area contributed by atoms with E-state index in [9.17, 15) is 9.59 Å². The van der Waals surface area contributed by atoms with E-state index in [0.29, 0.717) is 22.8 Å². The zero-order chi connectivity index (χ0) is 28.5. The molecule has 2 saturated heterocycles. The first-order chi connectivity index (χ1) is 19.9. The molecule has 214 valence electrons. The SMILES string of the molecule is C=CCn1c(=O)c2cnc(Nc3ccc(N4CCC(N5CCCC5)CC4)cc3)nc2n1-c1ccc(=O)n(C(C)C)n1. The number of nitrogens with one attached hydrogen (secondary N) is 1. The molecule has 0 atom stereocenters. The van der Waals surface area contributed by atoms with Gasteiger partial charge in [0.05, 0.1) is 12.6 Å². The van der Waals surface area contributed by atoms with E-state index in [1.165, 1.54) is 66.1 Å². The summed E-state index contributed by atoms with van der Waals surface area (Å²) in [4.78, 5) is 39.8. The van der Waals surface area contributed by atoms with E-state index in [4.69, 9.17) is 4.98 Å². The van der Waals surface area contributed by atoms with Crippen LogP contribution in [0.25, 0.3) is 16.9 Å². The fraction of sp³-hybridized carbons (Fsp3) is 0.433. The first-order valence-electron chi connectivity index (χ1n) is 14.5. The molecule has 41 heavy (non-hydrogen) atoms. The summed E-state index contributed by atoms with van der Waals surface area (Å²) in [6.45, 7) is 12.5. The summed E-state index contributed by atoms with van der Waals surface area (Å²) in [5.41, 5.74) is 2.00. The molecular formula is C30H37N9O2. The lowest BCUT2D eigenvalue weighted by molar-refractivity contribution is 0.208. The highest BCUT2D eigenvalue weighted by molar-refractivity contribution is 5.77. The number of benzene rings is 1. The summed E-state index contributed by atoms with van der Waals surface area (Å²) in [6, 6.07) is 12.0. The Bertz CT molecular complexity index is 1650.